The Hall–Kier alpha value is -3.27. The maximum atomic E-state index is 14.9. The highest BCUT2D eigenvalue weighted by molar-refractivity contribution is 7.92. The van der Waals surface area contributed by atoms with E-state index in [1.54, 1.807) is 6.26 Å². The molecule has 10 heteroatoms. The van der Waals surface area contributed by atoms with Crippen molar-refractivity contribution in [3.63, 3.8) is 0 Å². The number of anilines is 2. The minimum atomic E-state index is -2.49. The largest absolute Gasteiger partial charge is 0.493 e. The smallest absolute Gasteiger partial charge is 0.227 e. The summed E-state index contributed by atoms with van der Waals surface area (Å²) in [7, 11) is -2.49. The van der Waals surface area contributed by atoms with E-state index < -0.39 is 21.4 Å². The summed E-state index contributed by atoms with van der Waals surface area (Å²) in [5.74, 6) is 0.0346. The quantitative estimate of drug-likeness (QED) is 0.364. The van der Waals surface area contributed by atoms with Crippen LogP contribution in [-0.4, -0.2) is 39.2 Å². The Balaban J connectivity index is 1.80. The highest BCUT2D eigenvalue weighted by Gasteiger charge is 2.19. The molecule has 0 aliphatic carbocycles. The third-order valence-corrected chi connectivity index (χ3v) is 7.88. The van der Waals surface area contributed by atoms with Crippen LogP contribution in [-0.2, 0) is 15.5 Å². The van der Waals surface area contributed by atoms with Gasteiger partial charge in [-0.15, -0.1) is 0 Å². The molecule has 3 unspecified atom stereocenters. The first-order valence-electron chi connectivity index (χ1n) is 12.9. The highest BCUT2D eigenvalue weighted by Crippen LogP contribution is 2.33. The van der Waals surface area contributed by atoms with E-state index >= 15 is 0 Å². The predicted molar refractivity (Wildman–Crippen MR) is 146 cm³/mol. The fourth-order valence-electron chi connectivity index (χ4n) is 4.32. The first-order valence-corrected chi connectivity index (χ1v) is 15.0. The number of rotatable bonds is 6. The number of ether oxygens (including phenoxy) is 2. The lowest BCUT2D eigenvalue weighted by Crippen LogP contribution is -2.20. The van der Waals surface area contributed by atoms with E-state index in [2.05, 4.69) is 26.6 Å². The minimum Gasteiger partial charge on any atom is -0.493 e. The van der Waals surface area contributed by atoms with Crippen molar-refractivity contribution in [2.75, 3.05) is 18.2 Å². The lowest BCUT2D eigenvalue weighted by atomic mass is 10.1. The Morgan fingerprint density at radius 2 is 2.03 bits per heavy atom. The minimum absolute atomic E-state index is 0.00349. The van der Waals surface area contributed by atoms with Crippen molar-refractivity contribution in [1.82, 2.24) is 9.97 Å². The maximum absolute atomic E-state index is 14.9. The van der Waals surface area contributed by atoms with E-state index in [9.17, 15) is 13.0 Å². The fourth-order valence-corrected chi connectivity index (χ4v) is 6.09. The van der Waals surface area contributed by atoms with Crippen LogP contribution in [0.15, 0.2) is 47.0 Å². The second-order valence-electron chi connectivity index (χ2n) is 9.65. The van der Waals surface area contributed by atoms with Crippen LogP contribution in [0.25, 0.3) is 11.3 Å². The van der Waals surface area contributed by atoms with E-state index in [1.165, 1.54) is 18.2 Å². The first kappa shape index (κ1) is 27.8. The van der Waals surface area contributed by atoms with E-state index in [4.69, 9.17) is 9.47 Å². The summed E-state index contributed by atoms with van der Waals surface area (Å²) in [5.41, 5.74) is 1.71. The summed E-state index contributed by atoms with van der Waals surface area (Å²) in [5, 5.41) is 3.12. The normalized spacial score (nSPS) is 17.5. The first-order chi connectivity index (χ1) is 18.2. The van der Waals surface area contributed by atoms with Gasteiger partial charge in [0.2, 0.25) is 5.95 Å². The van der Waals surface area contributed by atoms with Crippen molar-refractivity contribution in [2.24, 2.45) is 4.36 Å². The number of benzene rings is 2. The average molecular weight is 545 g/mol. The van der Waals surface area contributed by atoms with Crippen LogP contribution in [0.4, 0.5) is 20.4 Å². The second kappa shape index (κ2) is 12.1. The molecule has 0 spiro atoms. The SMILES string of the molecule is CCCC1CCOc2cc(F)ccc2-c2nc(ncc2F)Nc2cc(CS(C)(=O)=NC(C)CC)cc(c2)O1. The molecule has 204 valence electrons. The average Bonchev–Trinajstić information content (AvgIpc) is 2.84. The molecule has 0 saturated heterocycles. The molecule has 1 N–H and O–H groups in total. The van der Waals surface area contributed by atoms with Gasteiger partial charge >= 0.3 is 0 Å². The lowest BCUT2D eigenvalue weighted by molar-refractivity contribution is 0.152. The summed E-state index contributed by atoms with van der Waals surface area (Å²) in [6.45, 7) is 6.27. The molecule has 4 rings (SSSR count). The van der Waals surface area contributed by atoms with E-state index in [0.717, 1.165) is 31.0 Å². The Bertz CT molecular complexity index is 1410. The molecule has 4 bridgehead atoms. The molecule has 0 saturated carbocycles. The monoisotopic (exact) mass is 544 g/mol. The number of nitrogens with zero attached hydrogens (tertiary/aromatic N) is 3. The maximum Gasteiger partial charge on any atom is 0.227 e. The Morgan fingerprint density at radius 1 is 1.21 bits per heavy atom. The topological polar surface area (TPSA) is 85.7 Å². The summed E-state index contributed by atoms with van der Waals surface area (Å²) < 4.78 is 59.0. The van der Waals surface area contributed by atoms with Gasteiger partial charge in [0.05, 0.1) is 24.6 Å². The summed E-state index contributed by atoms with van der Waals surface area (Å²) in [4.78, 5) is 8.46. The van der Waals surface area contributed by atoms with E-state index in [0.29, 0.717) is 23.4 Å². The Labute approximate surface area is 223 Å². The summed E-state index contributed by atoms with van der Waals surface area (Å²) in [6.07, 6.45) is 5.55. The van der Waals surface area contributed by atoms with Gasteiger partial charge in [-0.1, -0.05) is 20.3 Å². The number of halogens is 2. The summed E-state index contributed by atoms with van der Waals surface area (Å²) >= 11 is 0. The van der Waals surface area contributed by atoms with E-state index in [1.807, 2.05) is 32.0 Å². The molecular weight excluding hydrogens is 510 g/mol. The molecule has 2 heterocycles. The third kappa shape index (κ3) is 7.18. The van der Waals surface area contributed by atoms with Gasteiger partial charge in [0, 0.05) is 45.8 Å². The van der Waals surface area contributed by atoms with Crippen molar-refractivity contribution in [1.29, 1.82) is 0 Å². The molecule has 7 nitrogen and oxygen atoms in total. The number of fused-ring (bicyclic) bond motifs is 6. The van der Waals surface area contributed by atoms with Crippen LogP contribution in [0.2, 0.25) is 0 Å². The molecule has 0 amide bonds. The van der Waals surface area contributed by atoms with Gasteiger partial charge in [-0.25, -0.2) is 27.3 Å². The fraction of sp³-hybridized carbons (Fsp3) is 0.429. The second-order valence-corrected chi connectivity index (χ2v) is 12.1. The molecule has 1 aromatic heterocycles. The predicted octanol–water partition coefficient (Wildman–Crippen LogP) is 6.89. The number of hydrogen-bond donors (Lipinski definition) is 1. The van der Waals surface area contributed by atoms with Gasteiger partial charge in [-0.2, -0.15) is 0 Å². The van der Waals surface area contributed by atoms with Gasteiger partial charge in [0.1, 0.15) is 29.1 Å². The number of nitrogens with one attached hydrogen (secondary N) is 1. The van der Waals surface area contributed by atoms with Crippen LogP contribution in [0.3, 0.4) is 0 Å². The Morgan fingerprint density at radius 3 is 2.79 bits per heavy atom. The van der Waals surface area contributed by atoms with Crippen LogP contribution in [0, 0.1) is 11.6 Å². The van der Waals surface area contributed by atoms with Crippen LogP contribution in [0.5, 0.6) is 11.5 Å². The van der Waals surface area contributed by atoms with Crippen LogP contribution >= 0.6 is 0 Å². The van der Waals surface area contributed by atoms with Crippen molar-refractivity contribution in [2.45, 2.75) is 64.4 Å². The number of aromatic nitrogens is 2. The molecule has 2 aromatic carbocycles. The van der Waals surface area contributed by atoms with Crippen molar-refractivity contribution >= 4 is 21.4 Å². The zero-order valence-corrected chi connectivity index (χ0v) is 23.0. The van der Waals surface area contributed by atoms with Crippen molar-refractivity contribution in [3.8, 4) is 22.8 Å². The number of hydrogen-bond acceptors (Lipinski definition) is 7. The molecule has 1 aliphatic heterocycles. The standard InChI is InChI=1S/C28H34F2N4O3S/c1-5-7-22-10-11-36-26-14-20(29)8-9-24(26)27-25(30)16-31-28(33-27)32-21-12-19(13-23(15-21)37-22)17-38(4,35)34-18(3)6-2/h8-9,12-16,18,22H,5-7,10-11,17H2,1-4H3,(H,31,32,33). The van der Waals surface area contributed by atoms with Gasteiger partial charge in [-0.3, -0.25) is 0 Å². The zero-order valence-electron chi connectivity index (χ0n) is 22.2. The molecule has 0 fully saturated rings. The van der Waals surface area contributed by atoms with Gasteiger partial charge in [0.15, 0.2) is 5.82 Å². The third-order valence-electron chi connectivity index (χ3n) is 6.20. The van der Waals surface area contributed by atoms with Gasteiger partial charge in [-0.05, 0) is 49.6 Å². The van der Waals surface area contributed by atoms with Crippen molar-refractivity contribution < 1.29 is 22.5 Å². The molecule has 38 heavy (non-hydrogen) atoms. The van der Waals surface area contributed by atoms with E-state index in [-0.39, 0.29) is 41.9 Å². The van der Waals surface area contributed by atoms with Crippen molar-refractivity contribution in [3.05, 3.63) is 59.8 Å². The molecular formula is C28H34F2N4O3S. The van der Waals surface area contributed by atoms with Gasteiger partial charge in [0.25, 0.3) is 0 Å². The lowest BCUT2D eigenvalue weighted by Gasteiger charge is -2.22. The highest BCUT2D eigenvalue weighted by atomic mass is 32.2. The molecule has 3 aromatic rings. The Kier molecular flexibility index (Phi) is 8.81. The van der Waals surface area contributed by atoms with Crippen LogP contribution < -0.4 is 14.8 Å². The van der Waals surface area contributed by atoms with Crippen LogP contribution in [0.1, 0.15) is 52.0 Å². The molecule has 1 aliphatic rings. The zero-order chi connectivity index (χ0) is 27.3. The molecule has 0 radical (unpaired) electrons. The van der Waals surface area contributed by atoms with Gasteiger partial charge < -0.3 is 14.8 Å². The summed E-state index contributed by atoms with van der Waals surface area (Å²) in [6, 6.07) is 9.45. The molecule has 3 atom stereocenters.